The van der Waals surface area contributed by atoms with Gasteiger partial charge < -0.3 is 10.1 Å². The van der Waals surface area contributed by atoms with Gasteiger partial charge >= 0.3 is 0 Å². The molecule has 0 radical (unpaired) electrons. The Bertz CT molecular complexity index is 629. The molecule has 0 unspecified atom stereocenters. The number of carbonyl (C=O) groups excluding carboxylic acids is 1. The van der Waals surface area contributed by atoms with Gasteiger partial charge in [0.1, 0.15) is 5.75 Å². The van der Waals surface area contributed by atoms with E-state index in [9.17, 15) is 4.79 Å². The predicted octanol–water partition coefficient (Wildman–Crippen LogP) is 4.17. The van der Waals surface area contributed by atoms with E-state index >= 15 is 0 Å². The van der Waals surface area contributed by atoms with Gasteiger partial charge in [0, 0.05) is 18.0 Å². The van der Waals surface area contributed by atoms with Crippen molar-refractivity contribution in [3.05, 3.63) is 64.7 Å². The van der Waals surface area contributed by atoms with Crippen molar-refractivity contribution in [3.8, 4) is 5.75 Å². The molecule has 0 heterocycles. The van der Waals surface area contributed by atoms with Crippen LogP contribution in [0.25, 0.3) is 0 Å². The van der Waals surface area contributed by atoms with E-state index in [0.29, 0.717) is 26.0 Å². The highest BCUT2D eigenvalue weighted by molar-refractivity contribution is 6.31. The van der Waals surface area contributed by atoms with Crippen molar-refractivity contribution in [3.63, 3.8) is 0 Å². The molecule has 3 nitrogen and oxygen atoms in total. The molecule has 23 heavy (non-hydrogen) atoms. The number of hydrogen-bond acceptors (Lipinski definition) is 2. The fourth-order valence-electron chi connectivity index (χ4n) is 2.21. The summed E-state index contributed by atoms with van der Waals surface area (Å²) in [5.74, 6) is 0.855. The first-order chi connectivity index (χ1) is 11.1. The minimum atomic E-state index is 0.0665. The maximum Gasteiger partial charge on any atom is 0.220 e. The third kappa shape index (κ3) is 6.33. The Balaban J connectivity index is 1.58. The van der Waals surface area contributed by atoms with Crippen molar-refractivity contribution in [2.45, 2.75) is 26.2 Å². The number of nitrogens with one attached hydrogen (secondary N) is 1. The molecule has 0 bridgehead atoms. The molecule has 0 saturated heterocycles. The number of rotatable bonds is 8. The molecule has 0 aromatic heterocycles. The number of hydrogen-bond donors (Lipinski definition) is 1. The number of carbonyl (C=O) groups is 1. The first-order valence-corrected chi connectivity index (χ1v) is 8.22. The minimum absolute atomic E-state index is 0.0665. The highest BCUT2D eigenvalue weighted by Crippen LogP contribution is 2.21. The van der Waals surface area contributed by atoms with Gasteiger partial charge in [-0.05, 0) is 49.1 Å². The molecule has 0 aliphatic rings. The largest absolute Gasteiger partial charge is 0.494 e. The van der Waals surface area contributed by atoms with Gasteiger partial charge in [0.05, 0.1) is 6.61 Å². The molecular weight excluding hydrogens is 310 g/mol. The monoisotopic (exact) mass is 331 g/mol. The highest BCUT2D eigenvalue weighted by Gasteiger charge is 2.02. The summed E-state index contributed by atoms with van der Waals surface area (Å²) in [6.45, 7) is 3.13. The minimum Gasteiger partial charge on any atom is -0.494 e. The first kappa shape index (κ1) is 17.4. The van der Waals surface area contributed by atoms with Crippen LogP contribution in [0, 0.1) is 6.92 Å². The topological polar surface area (TPSA) is 38.3 Å². The van der Waals surface area contributed by atoms with Crippen LogP contribution < -0.4 is 10.1 Å². The summed E-state index contributed by atoms with van der Waals surface area (Å²) in [7, 11) is 0. The molecular formula is C19H22ClNO2. The lowest BCUT2D eigenvalue weighted by molar-refractivity contribution is -0.121. The summed E-state index contributed by atoms with van der Waals surface area (Å²) in [5, 5.41) is 3.67. The molecule has 0 saturated carbocycles. The van der Waals surface area contributed by atoms with Gasteiger partial charge in [-0.25, -0.2) is 0 Å². The van der Waals surface area contributed by atoms with Crippen LogP contribution >= 0.6 is 11.6 Å². The standard InChI is InChI=1S/C19H22ClNO2/c1-15-14-17(9-10-18(15)20)23-13-5-8-19(22)21-12-11-16-6-3-2-4-7-16/h2-4,6-7,9-10,14H,5,8,11-13H2,1H3,(H,21,22). The summed E-state index contributed by atoms with van der Waals surface area (Å²) in [6, 6.07) is 15.7. The number of aryl methyl sites for hydroxylation is 1. The molecule has 4 heteroatoms. The molecule has 0 spiro atoms. The number of benzene rings is 2. The fraction of sp³-hybridized carbons (Fsp3) is 0.316. The van der Waals surface area contributed by atoms with Crippen molar-refractivity contribution in [2.75, 3.05) is 13.2 Å². The molecule has 0 fully saturated rings. The van der Waals surface area contributed by atoms with Crippen LogP contribution in [-0.4, -0.2) is 19.1 Å². The maximum absolute atomic E-state index is 11.8. The Morgan fingerprint density at radius 2 is 1.96 bits per heavy atom. The zero-order valence-electron chi connectivity index (χ0n) is 13.3. The van der Waals surface area contributed by atoms with Crippen LogP contribution in [0.3, 0.4) is 0 Å². The van der Waals surface area contributed by atoms with Crippen molar-refractivity contribution in [1.82, 2.24) is 5.32 Å². The van der Waals surface area contributed by atoms with E-state index in [1.54, 1.807) is 0 Å². The molecule has 2 aromatic rings. The van der Waals surface area contributed by atoms with Gasteiger partial charge in [-0.15, -0.1) is 0 Å². The van der Waals surface area contributed by atoms with E-state index < -0.39 is 0 Å². The molecule has 122 valence electrons. The summed E-state index contributed by atoms with van der Waals surface area (Å²) in [5.41, 5.74) is 2.22. The lowest BCUT2D eigenvalue weighted by atomic mass is 10.1. The third-order valence-electron chi connectivity index (χ3n) is 3.52. The van der Waals surface area contributed by atoms with Gasteiger partial charge in [0.15, 0.2) is 0 Å². The zero-order valence-corrected chi connectivity index (χ0v) is 14.1. The molecule has 0 atom stereocenters. The average Bonchev–Trinajstić information content (AvgIpc) is 2.56. The van der Waals surface area contributed by atoms with Gasteiger partial charge in [0.25, 0.3) is 0 Å². The molecule has 0 aliphatic heterocycles. The second kappa shape index (κ2) is 9.21. The first-order valence-electron chi connectivity index (χ1n) is 7.85. The lowest BCUT2D eigenvalue weighted by Gasteiger charge is -2.08. The Morgan fingerprint density at radius 1 is 1.17 bits per heavy atom. The van der Waals surface area contributed by atoms with Crippen LogP contribution in [0.5, 0.6) is 5.75 Å². The van der Waals surface area contributed by atoms with E-state index in [2.05, 4.69) is 17.4 Å². The van der Waals surface area contributed by atoms with E-state index in [4.69, 9.17) is 16.3 Å². The van der Waals surface area contributed by atoms with Crippen molar-refractivity contribution >= 4 is 17.5 Å². The summed E-state index contributed by atoms with van der Waals surface area (Å²) in [6.07, 6.45) is 2.02. The predicted molar refractivity (Wildman–Crippen MR) is 94.1 cm³/mol. The molecule has 1 N–H and O–H groups in total. The number of amides is 1. The molecule has 2 rings (SSSR count). The van der Waals surface area contributed by atoms with Crippen molar-refractivity contribution in [2.24, 2.45) is 0 Å². The fourth-order valence-corrected chi connectivity index (χ4v) is 2.33. The Morgan fingerprint density at radius 3 is 2.70 bits per heavy atom. The molecule has 0 aliphatic carbocycles. The SMILES string of the molecule is Cc1cc(OCCCC(=O)NCCc2ccccc2)ccc1Cl. The quantitative estimate of drug-likeness (QED) is 0.737. The molecule has 1 amide bonds. The van der Waals surface area contributed by atoms with Crippen LogP contribution in [0.2, 0.25) is 5.02 Å². The van der Waals surface area contributed by atoms with E-state index in [0.717, 1.165) is 22.8 Å². The van der Waals surface area contributed by atoms with Gasteiger partial charge in [0.2, 0.25) is 5.91 Å². The van der Waals surface area contributed by atoms with Gasteiger partial charge in [-0.2, -0.15) is 0 Å². The van der Waals surface area contributed by atoms with Crippen LogP contribution in [0.4, 0.5) is 0 Å². The third-order valence-corrected chi connectivity index (χ3v) is 3.95. The average molecular weight is 332 g/mol. The van der Waals surface area contributed by atoms with Crippen LogP contribution in [0.1, 0.15) is 24.0 Å². The zero-order chi connectivity index (χ0) is 16.5. The summed E-state index contributed by atoms with van der Waals surface area (Å²) < 4.78 is 5.63. The van der Waals surface area contributed by atoms with Crippen LogP contribution in [-0.2, 0) is 11.2 Å². The molecule has 2 aromatic carbocycles. The van der Waals surface area contributed by atoms with Crippen molar-refractivity contribution in [1.29, 1.82) is 0 Å². The second-order valence-corrected chi connectivity index (χ2v) is 5.86. The van der Waals surface area contributed by atoms with E-state index in [-0.39, 0.29) is 5.91 Å². The van der Waals surface area contributed by atoms with E-state index in [1.165, 1.54) is 5.56 Å². The normalized spacial score (nSPS) is 10.3. The van der Waals surface area contributed by atoms with E-state index in [1.807, 2.05) is 43.3 Å². The lowest BCUT2D eigenvalue weighted by Crippen LogP contribution is -2.25. The van der Waals surface area contributed by atoms with Crippen LogP contribution in [0.15, 0.2) is 48.5 Å². The van der Waals surface area contributed by atoms with Gasteiger partial charge in [-0.1, -0.05) is 41.9 Å². The van der Waals surface area contributed by atoms with Gasteiger partial charge in [-0.3, -0.25) is 4.79 Å². The smallest absolute Gasteiger partial charge is 0.220 e. The summed E-state index contributed by atoms with van der Waals surface area (Å²) in [4.78, 5) is 11.8. The maximum atomic E-state index is 11.8. The Kier molecular flexibility index (Phi) is 6.95. The second-order valence-electron chi connectivity index (χ2n) is 5.45. The van der Waals surface area contributed by atoms with Crippen molar-refractivity contribution < 1.29 is 9.53 Å². The number of halogens is 1. The number of ether oxygens (including phenoxy) is 1. The Hall–Kier alpha value is -2.00. The Labute approximate surface area is 142 Å². The highest BCUT2D eigenvalue weighted by atomic mass is 35.5. The summed E-state index contributed by atoms with van der Waals surface area (Å²) >= 11 is 5.97.